The van der Waals surface area contributed by atoms with Crippen LogP contribution in [0, 0.1) is 0 Å². The fraction of sp³-hybridized carbons (Fsp3) is 0.211. The van der Waals surface area contributed by atoms with E-state index in [4.69, 9.17) is 14.6 Å². The quantitative estimate of drug-likeness (QED) is 0.789. The average Bonchev–Trinajstić information content (AvgIpc) is 3.26. The summed E-state index contributed by atoms with van der Waals surface area (Å²) in [4.78, 5) is 0. The molecule has 0 saturated carbocycles. The lowest BCUT2D eigenvalue weighted by atomic mass is 10.0. The number of hydrogen-bond donors (Lipinski definition) is 1. The van der Waals surface area contributed by atoms with Gasteiger partial charge in [0.15, 0.2) is 11.5 Å². The maximum Gasteiger partial charge on any atom is 0.231 e. The Hall–Kier alpha value is -2.79. The largest absolute Gasteiger partial charge is 0.454 e. The summed E-state index contributed by atoms with van der Waals surface area (Å²) < 4.78 is 13.0. The zero-order chi connectivity index (χ0) is 15.9. The smallest absolute Gasteiger partial charge is 0.231 e. The molecule has 5 nitrogen and oxygen atoms in total. The van der Waals surface area contributed by atoms with Crippen molar-refractivity contribution < 1.29 is 9.47 Å². The van der Waals surface area contributed by atoms with Crippen LogP contribution in [0.3, 0.4) is 0 Å². The average molecular weight is 319 g/mol. The molecule has 0 aliphatic carbocycles. The highest BCUT2D eigenvalue weighted by atomic mass is 16.7. The highest BCUT2D eigenvalue weighted by Gasteiger charge is 2.23. The first-order valence-corrected chi connectivity index (χ1v) is 8.17. The van der Waals surface area contributed by atoms with E-state index >= 15 is 0 Å². The minimum atomic E-state index is 0.289. The normalized spacial score (nSPS) is 15.3. The van der Waals surface area contributed by atoms with Gasteiger partial charge in [-0.25, -0.2) is 4.68 Å². The first-order valence-electron chi connectivity index (χ1n) is 8.17. The van der Waals surface area contributed by atoms with E-state index in [2.05, 4.69) is 28.2 Å². The lowest BCUT2D eigenvalue weighted by molar-refractivity contribution is 0.174. The van der Waals surface area contributed by atoms with Crippen LogP contribution in [0.15, 0.2) is 48.5 Å². The number of para-hydroxylation sites is 1. The van der Waals surface area contributed by atoms with Gasteiger partial charge in [0.2, 0.25) is 6.79 Å². The molecule has 1 aromatic heterocycles. The van der Waals surface area contributed by atoms with E-state index in [1.165, 1.54) is 11.3 Å². The van der Waals surface area contributed by atoms with Crippen molar-refractivity contribution in [2.45, 2.75) is 13.0 Å². The number of aromatic nitrogens is 2. The Bertz CT molecular complexity index is 902. The Morgan fingerprint density at radius 1 is 1.00 bits per heavy atom. The highest BCUT2D eigenvalue weighted by molar-refractivity contribution is 5.69. The Labute approximate surface area is 139 Å². The van der Waals surface area contributed by atoms with Gasteiger partial charge in [-0.15, -0.1) is 0 Å². The van der Waals surface area contributed by atoms with E-state index in [-0.39, 0.29) is 6.79 Å². The van der Waals surface area contributed by atoms with E-state index < -0.39 is 0 Å². The van der Waals surface area contributed by atoms with E-state index in [9.17, 15) is 0 Å². The third-order valence-corrected chi connectivity index (χ3v) is 4.58. The zero-order valence-corrected chi connectivity index (χ0v) is 13.2. The second kappa shape index (κ2) is 5.39. The number of nitrogens with zero attached hydrogens (tertiary/aromatic N) is 2. The number of ether oxygens (including phenoxy) is 2. The van der Waals surface area contributed by atoms with E-state index in [0.717, 1.165) is 48.0 Å². The van der Waals surface area contributed by atoms with Crippen LogP contribution in [0.4, 0.5) is 0 Å². The summed E-state index contributed by atoms with van der Waals surface area (Å²) >= 11 is 0. The van der Waals surface area contributed by atoms with Gasteiger partial charge in [-0.3, -0.25) is 0 Å². The van der Waals surface area contributed by atoms with Crippen LogP contribution < -0.4 is 14.8 Å². The van der Waals surface area contributed by atoms with Gasteiger partial charge in [-0.05, 0) is 30.3 Å². The predicted molar refractivity (Wildman–Crippen MR) is 90.5 cm³/mol. The van der Waals surface area contributed by atoms with Crippen LogP contribution in [0.1, 0.15) is 11.3 Å². The van der Waals surface area contributed by atoms with Crippen molar-refractivity contribution in [1.29, 1.82) is 0 Å². The molecule has 24 heavy (non-hydrogen) atoms. The van der Waals surface area contributed by atoms with Gasteiger partial charge in [-0.1, -0.05) is 18.2 Å². The van der Waals surface area contributed by atoms with Crippen LogP contribution in [0.2, 0.25) is 0 Å². The summed E-state index contributed by atoms with van der Waals surface area (Å²) in [5.41, 5.74) is 5.73. The molecule has 2 aliphatic heterocycles. The van der Waals surface area contributed by atoms with Crippen LogP contribution in [-0.4, -0.2) is 23.1 Å². The Kier molecular flexibility index (Phi) is 3.06. The highest BCUT2D eigenvalue weighted by Crippen LogP contribution is 2.37. The summed E-state index contributed by atoms with van der Waals surface area (Å²) in [6.07, 6.45) is 0.974. The molecule has 0 spiro atoms. The molecule has 0 unspecified atom stereocenters. The number of rotatable bonds is 2. The second-order valence-electron chi connectivity index (χ2n) is 6.02. The molecule has 0 fully saturated rings. The third-order valence-electron chi connectivity index (χ3n) is 4.58. The Morgan fingerprint density at radius 3 is 2.79 bits per heavy atom. The molecular weight excluding hydrogens is 302 g/mol. The molecule has 5 heteroatoms. The number of nitrogens with one attached hydrogen (secondary N) is 1. The third kappa shape index (κ3) is 2.09. The SMILES string of the molecule is c1ccc(-n2nc(-c3ccc4c(c3)OCO4)c3c2CCNC3)cc1. The molecule has 3 aromatic rings. The summed E-state index contributed by atoms with van der Waals surface area (Å²) in [5.74, 6) is 1.59. The first kappa shape index (κ1) is 13.6. The van der Waals surface area contributed by atoms with Gasteiger partial charge in [0, 0.05) is 30.6 Å². The number of fused-ring (bicyclic) bond motifs is 2. The molecule has 1 N–H and O–H groups in total. The van der Waals surface area contributed by atoms with Gasteiger partial charge in [-0.2, -0.15) is 5.10 Å². The van der Waals surface area contributed by atoms with Crippen LogP contribution in [-0.2, 0) is 13.0 Å². The van der Waals surface area contributed by atoms with Crippen molar-refractivity contribution in [3.05, 3.63) is 59.8 Å². The van der Waals surface area contributed by atoms with Gasteiger partial charge in [0.1, 0.15) is 0 Å². The molecule has 2 aliphatic rings. The lowest BCUT2D eigenvalue weighted by Crippen LogP contribution is -2.24. The van der Waals surface area contributed by atoms with Crippen molar-refractivity contribution in [3.8, 4) is 28.4 Å². The minimum absolute atomic E-state index is 0.289. The maximum absolute atomic E-state index is 5.52. The fourth-order valence-corrected chi connectivity index (χ4v) is 3.41. The molecule has 2 aromatic carbocycles. The zero-order valence-electron chi connectivity index (χ0n) is 13.2. The first-order chi connectivity index (χ1) is 11.9. The molecule has 0 amide bonds. The molecule has 120 valence electrons. The van der Waals surface area contributed by atoms with Crippen molar-refractivity contribution in [1.82, 2.24) is 15.1 Å². The lowest BCUT2D eigenvalue weighted by Gasteiger charge is -2.15. The topological polar surface area (TPSA) is 48.3 Å². The van der Waals surface area contributed by atoms with Crippen LogP contribution in [0.5, 0.6) is 11.5 Å². The van der Waals surface area contributed by atoms with Crippen molar-refractivity contribution >= 4 is 0 Å². The molecule has 0 radical (unpaired) electrons. The minimum Gasteiger partial charge on any atom is -0.454 e. The number of hydrogen-bond acceptors (Lipinski definition) is 4. The van der Waals surface area contributed by atoms with Crippen LogP contribution >= 0.6 is 0 Å². The monoisotopic (exact) mass is 319 g/mol. The summed E-state index contributed by atoms with van der Waals surface area (Å²) in [6, 6.07) is 16.4. The van der Waals surface area contributed by atoms with E-state index in [1.54, 1.807) is 0 Å². The Balaban J connectivity index is 1.68. The van der Waals surface area contributed by atoms with Crippen molar-refractivity contribution in [2.24, 2.45) is 0 Å². The van der Waals surface area contributed by atoms with Gasteiger partial charge in [0.05, 0.1) is 17.1 Å². The van der Waals surface area contributed by atoms with Gasteiger partial charge < -0.3 is 14.8 Å². The maximum atomic E-state index is 5.52. The van der Waals surface area contributed by atoms with Crippen LogP contribution in [0.25, 0.3) is 16.9 Å². The Morgan fingerprint density at radius 2 is 1.88 bits per heavy atom. The number of benzene rings is 2. The summed E-state index contributed by atoms with van der Waals surface area (Å²) in [6.45, 7) is 2.11. The summed E-state index contributed by atoms with van der Waals surface area (Å²) in [5, 5.41) is 8.40. The molecule has 0 saturated heterocycles. The van der Waals surface area contributed by atoms with E-state index in [0.29, 0.717) is 0 Å². The molecular formula is C19H17N3O2. The summed E-state index contributed by atoms with van der Waals surface area (Å²) in [7, 11) is 0. The van der Waals surface area contributed by atoms with Gasteiger partial charge >= 0.3 is 0 Å². The van der Waals surface area contributed by atoms with E-state index in [1.807, 2.05) is 30.3 Å². The van der Waals surface area contributed by atoms with Gasteiger partial charge in [0.25, 0.3) is 0 Å². The predicted octanol–water partition coefficient (Wildman–Crippen LogP) is 2.91. The molecule has 3 heterocycles. The molecule has 0 atom stereocenters. The van der Waals surface area contributed by atoms with Crippen molar-refractivity contribution in [3.63, 3.8) is 0 Å². The van der Waals surface area contributed by atoms with Crippen molar-refractivity contribution in [2.75, 3.05) is 13.3 Å². The molecule has 5 rings (SSSR count). The standard InChI is InChI=1S/C19H17N3O2/c1-2-4-14(5-3-1)22-16-8-9-20-11-15(16)19(21-22)13-6-7-17-18(10-13)24-12-23-17/h1-7,10,20H,8-9,11-12H2. The fourth-order valence-electron chi connectivity index (χ4n) is 3.41. The second-order valence-corrected chi connectivity index (χ2v) is 6.02. The molecule has 0 bridgehead atoms.